The van der Waals surface area contributed by atoms with Gasteiger partial charge in [0.2, 0.25) is 0 Å². The van der Waals surface area contributed by atoms with E-state index in [1.54, 1.807) is 48.5 Å². The fourth-order valence-corrected chi connectivity index (χ4v) is 10.6. The van der Waals surface area contributed by atoms with Crippen LogP contribution >= 0.6 is 22.7 Å². The molecule has 2 aliphatic rings. The molecule has 2 saturated heterocycles. The summed E-state index contributed by atoms with van der Waals surface area (Å²) in [5.41, 5.74) is 3.30. The molecule has 2 amide bonds. The predicted molar refractivity (Wildman–Crippen MR) is 242 cm³/mol. The van der Waals surface area contributed by atoms with E-state index in [1.165, 1.54) is 35.2 Å². The van der Waals surface area contributed by atoms with Crippen LogP contribution in [-0.2, 0) is 29.3 Å². The van der Waals surface area contributed by atoms with Crippen LogP contribution in [0.3, 0.4) is 0 Å². The maximum absolute atomic E-state index is 12.9. The van der Waals surface area contributed by atoms with E-state index in [2.05, 4.69) is 0 Å². The molecule has 324 valence electrons. The summed E-state index contributed by atoms with van der Waals surface area (Å²) in [4.78, 5) is 39.7. The van der Waals surface area contributed by atoms with Crippen molar-refractivity contribution in [2.45, 2.75) is 60.4 Å². The van der Waals surface area contributed by atoms with E-state index in [0.717, 1.165) is 71.1 Å². The summed E-state index contributed by atoms with van der Waals surface area (Å²) in [7, 11) is -6.46. The maximum Gasteiger partial charge on any atom is 0.261 e. The molecule has 62 heavy (non-hydrogen) atoms. The molecule has 2 aromatic heterocycles. The number of hydrogen-bond acceptors (Lipinski definition) is 12. The monoisotopic (exact) mass is 912 g/mol. The van der Waals surface area contributed by atoms with Gasteiger partial charge in [0, 0.05) is 47.5 Å². The zero-order chi connectivity index (χ0) is 43.7. The Labute approximate surface area is 371 Å². The Kier molecular flexibility index (Phi) is 14.5. The van der Waals surface area contributed by atoms with Crippen molar-refractivity contribution >= 4 is 54.2 Å². The van der Waals surface area contributed by atoms with Gasteiger partial charge in [-0.3, -0.25) is 9.59 Å². The third-order valence-corrected chi connectivity index (χ3v) is 14.8. The van der Waals surface area contributed by atoms with E-state index in [4.69, 9.17) is 19.4 Å². The molecule has 0 unspecified atom stereocenters. The minimum absolute atomic E-state index is 0.00565. The number of thiazole rings is 2. The van der Waals surface area contributed by atoms with Crippen LogP contribution in [0, 0.1) is 0 Å². The van der Waals surface area contributed by atoms with Crippen molar-refractivity contribution in [3.8, 4) is 34.0 Å². The highest BCUT2D eigenvalue weighted by molar-refractivity contribution is 7.91. The highest BCUT2D eigenvalue weighted by Crippen LogP contribution is 2.37. The Balaban J connectivity index is 0.000000186. The van der Waals surface area contributed by atoms with Crippen molar-refractivity contribution in [3.05, 3.63) is 130 Å². The normalized spacial score (nSPS) is 16.8. The third-order valence-electron chi connectivity index (χ3n) is 10.6. The largest absolute Gasteiger partial charge is 0.484 e. The fraction of sp³-hybridized carbons (Fsp3) is 0.304. The molecule has 4 aromatic carbocycles. The number of aromatic nitrogens is 2. The lowest BCUT2D eigenvalue weighted by molar-refractivity contribution is -0.138. The molecule has 8 rings (SSSR count). The fourth-order valence-electron chi connectivity index (χ4n) is 7.36. The molecule has 2 atom stereocenters. The Morgan fingerprint density at radius 3 is 1.29 bits per heavy atom. The van der Waals surface area contributed by atoms with Gasteiger partial charge in [0.25, 0.3) is 11.8 Å². The van der Waals surface area contributed by atoms with E-state index in [0.29, 0.717) is 24.6 Å². The molecule has 0 spiro atoms. The Bertz CT molecular complexity index is 2470. The Morgan fingerprint density at radius 2 is 0.935 bits per heavy atom. The van der Waals surface area contributed by atoms with E-state index in [1.807, 2.05) is 81.2 Å². The molecule has 2 fully saturated rings. The van der Waals surface area contributed by atoms with Gasteiger partial charge in [0.1, 0.15) is 21.5 Å². The number of likely N-dealkylation sites (tertiary alicyclic amines) is 2. The van der Waals surface area contributed by atoms with Crippen molar-refractivity contribution in [1.29, 1.82) is 0 Å². The molecule has 2 aliphatic heterocycles. The standard InChI is InChI=1S/2C23H24N2O4S2/c2*1-31(27,28)19-12-10-17(11-13-19)20-16-30-23(24-20)21-9-5-6-14-25(21)22(26)15-29-18-7-3-2-4-8-18/h2*2-4,7-8,10-13,16,21H,5-6,9,14-15H2,1H3/t2*21-/m11/s1. The maximum atomic E-state index is 12.9. The second-order valence-electron chi connectivity index (χ2n) is 15.1. The lowest BCUT2D eigenvalue weighted by atomic mass is 10.0. The smallest absolute Gasteiger partial charge is 0.261 e. The second-order valence-corrected chi connectivity index (χ2v) is 20.9. The van der Waals surface area contributed by atoms with Gasteiger partial charge >= 0.3 is 0 Å². The van der Waals surface area contributed by atoms with Crippen LogP contribution in [0.1, 0.15) is 60.6 Å². The van der Waals surface area contributed by atoms with Crippen LogP contribution in [-0.4, -0.2) is 87.2 Å². The number of amides is 2. The molecule has 4 heterocycles. The molecule has 0 aliphatic carbocycles. The number of para-hydroxylation sites is 2. The number of sulfone groups is 2. The zero-order valence-electron chi connectivity index (χ0n) is 34.5. The molecule has 12 nitrogen and oxygen atoms in total. The summed E-state index contributed by atoms with van der Waals surface area (Å²) in [6.45, 7) is 1.40. The van der Waals surface area contributed by atoms with Crippen molar-refractivity contribution in [2.75, 3.05) is 38.8 Å². The number of rotatable bonds is 12. The van der Waals surface area contributed by atoms with Gasteiger partial charge in [-0.25, -0.2) is 26.8 Å². The van der Waals surface area contributed by atoms with Crippen LogP contribution in [0.2, 0.25) is 0 Å². The summed E-state index contributed by atoms with van der Waals surface area (Å²) < 4.78 is 58.0. The third kappa shape index (κ3) is 11.5. The molecule has 6 aromatic rings. The van der Waals surface area contributed by atoms with Crippen LogP contribution < -0.4 is 9.47 Å². The Morgan fingerprint density at radius 1 is 0.565 bits per heavy atom. The van der Waals surface area contributed by atoms with Crippen molar-refractivity contribution in [2.24, 2.45) is 0 Å². The highest BCUT2D eigenvalue weighted by atomic mass is 32.2. The van der Waals surface area contributed by atoms with Gasteiger partial charge in [-0.05, 0) is 87.1 Å². The second kappa shape index (κ2) is 20.2. The summed E-state index contributed by atoms with van der Waals surface area (Å²) in [5, 5.41) is 5.72. The topological polar surface area (TPSA) is 153 Å². The lowest BCUT2D eigenvalue weighted by Gasteiger charge is -2.34. The number of carbonyl (C=O) groups excluding carboxylic acids is 2. The number of benzene rings is 4. The van der Waals surface area contributed by atoms with Gasteiger partial charge < -0.3 is 19.3 Å². The summed E-state index contributed by atoms with van der Waals surface area (Å²) in [5.74, 6) is 1.28. The summed E-state index contributed by atoms with van der Waals surface area (Å²) in [6, 6.07) is 32.0. The number of piperidine rings is 2. The van der Waals surface area contributed by atoms with Gasteiger partial charge in [-0.2, -0.15) is 0 Å². The first-order chi connectivity index (χ1) is 29.8. The van der Waals surface area contributed by atoms with Gasteiger partial charge in [0.15, 0.2) is 32.9 Å². The molecule has 0 N–H and O–H groups in total. The van der Waals surface area contributed by atoms with Gasteiger partial charge in [-0.1, -0.05) is 60.7 Å². The molecule has 0 saturated carbocycles. The average molecular weight is 913 g/mol. The van der Waals surface area contributed by atoms with Crippen LogP contribution in [0.5, 0.6) is 11.5 Å². The van der Waals surface area contributed by atoms with Gasteiger partial charge in [-0.15, -0.1) is 22.7 Å². The minimum atomic E-state index is -3.23. The number of nitrogens with zero attached hydrogens (tertiary/aromatic N) is 4. The van der Waals surface area contributed by atoms with E-state index in [-0.39, 0.29) is 46.9 Å². The molecule has 0 bridgehead atoms. The van der Waals surface area contributed by atoms with Crippen molar-refractivity contribution in [3.63, 3.8) is 0 Å². The van der Waals surface area contributed by atoms with E-state index < -0.39 is 19.7 Å². The average Bonchev–Trinajstić information content (AvgIpc) is 4.00. The first-order valence-electron chi connectivity index (χ1n) is 20.3. The predicted octanol–water partition coefficient (Wildman–Crippen LogP) is 8.69. The molecule has 16 heteroatoms. The SMILES string of the molecule is CS(=O)(=O)c1ccc(-c2csc([C@H]3CCCCN3C(=O)COc3ccccc3)n2)cc1.CS(=O)(=O)c1ccc(-c2csc([C@H]3CCCCN3C(=O)COc3ccccc3)n2)cc1. The zero-order valence-corrected chi connectivity index (χ0v) is 37.7. The van der Waals surface area contributed by atoms with E-state index in [9.17, 15) is 26.4 Å². The number of carbonyl (C=O) groups is 2. The quantitative estimate of drug-likeness (QED) is 0.117. The van der Waals surface area contributed by atoms with Gasteiger partial charge in [0.05, 0.1) is 33.3 Å². The summed E-state index contributed by atoms with van der Waals surface area (Å²) >= 11 is 3.06. The lowest BCUT2D eigenvalue weighted by Crippen LogP contribution is -2.41. The minimum Gasteiger partial charge on any atom is -0.484 e. The summed E-state index contributed by atoms with van der Waals surface area (Å²) in [6.07, 6.45) is 8.17. The number of hydrogen-bond donors (Lipinski definition) is 0. The van der Waals surface area contributed by atoms with Crippen molar-refractivity contribution < 1.29 is 35.9 Å². The highest BCUT2D eigenvalue weighted by Gasteiger charge is 2.32. The van der Waals surface area contributed by atoms with Crippen LogP contribution in [0.25, 0.3) is 22.5 Å². The molecular formula is C46H48N4O8S4. The molecular weight excluding hydrogens is 865 g/mol. The van der Waals surface area contributed by atoms with E-state index >= 15 is 0 Å². The Hall–Kier alpha value is -5.42. The molecule has 0 radical (unpaired) electrons. The number of ether oxygens (including phenoxy) is 2. The first kappa shape index (κ1) is 44.6. The van der Waals surface area contributed by atoms with Crippen molar-refractivity contribution in [1.82, 2.24) is 19.8 Å². The van der Waals surface area contributed by atoms with Crippen LogP contribution in [0.4, 0.5) is 0 Å². The first-order valence-corrected chi connectivity index (χ1v) is 25.8. The van der Waals surface area contributed by atoms with Crippen LogP contribution in [0.15, 0.2) is 130 Å².